The fraction of sp³-hybridized carbons (Fsp3) is 0.222. The van der Waals surface area contributed by atoms with Crippen molar-refractivity contribution in [3.8, 4) is 0 Å². The molecule has 0 amide bonds. The summed E-state index contributed by atoms with van der Waals surface area (Å²) in [6.45, 7) is 3.72. The number of H-pyrrole nitrogens is 1. The molecule has 1 aliphatic rings. The van der Waals surface area contributed by atoms with Gasteiger partial charge in [-0.15, -0.1) is 0 Å². The molecule has 0 aliphatic carbocycles. The normalized spacial score (nSPS) is 15.4. The average molecular weight is 370 g/mol. The highest BCUT2D eigenvalue weighted by molar-refractivity contribution is 7.22. The number of halogens is 1. The second-order valence-corrected chi connectivity index (χ2v) is 7.61. The number of aromatic amines is 1. The number of piperazine rings is 1. The zero-order chi connectivity index (χ0) is 16.8. The molecule has 0 saturated carbocycles. The van der Waals surface area contributed by atoms with Crippen LogP contribution in [0.1, 0.15) is 0 Å². The summed E-state index contributed by atoms with van der Waals surface area (Å²) in [5, 5.41) is 1.83. The Kier molecular flexibility index (Phi) is 3.53. The Morgan fingerprint density at radius 2 is 1.72 bits per heavy atom. The molecule has 1 fully saturated rings. The standard InChI is InChI=1S/C18H16ClN5S/c19-12-5-6-15-16(11-12)25-18(22-15)24-9-7-23(8-10-24)17-20-13-3-1-2-4-14(13)21-17/h1-6,11H,7-10H2,(H,20,21). The van der Waals surface area contributed by atoms with Gasteiger partial charge in [0.15, 0.2) is 5.13 Å². The Morgan fingerprint density at radius 3 is 2.56 bits per heavy atom. The van der Waals surface area contributed by atoms with E-state index in [4.69, 9.17) is 21.6 Å². The lowest BCUT2D eigenvalue weighted by atomic mass is 10.3. The Hall–Kier alpha value is -2.31. The van der Waals surface area contributed by atoms with E-state index in [1.807, 2.05) is 36.4 Å². The summed E-state index contributed by atoms with van der Waals surface area (Å²) >= 11 is 7.79. The van der Waals surface area contributed by atoms with Crippen molar-refractivity contribution in [2.45, 2.75) is 0 Å². The first-order valence-electron chi connectivity index (χ1n) is 8.27. The first kappa shape index (κ1) is 15.0. The number of nitrogens with one attached hydrogen (secondary N) is 1. The van der Waals surface area contributed by atoms with Gasteiger partial charge in [-0.2, -0.15) is 0 Å². The first-order chi connectivity index (χ1) is 12.3. The topological polar surface area (TPSA) is 48.1 Å². The van der Waals surface area contributed by atoms with Gasteiger partial charge in [0.25, 0.3) is 0 Å². The number of hydrogen-bond acceptors (Lipinski definition) is 5. The SMILES string of the molecule is Clc1ccc2nc(N3CCN(c4nc5ccccc5[nH]4)CC3)sc2c1. The van der Waals surface area contributed by atoms with Crippen LogP contribution in [0.2, 0.25) is 5.02 Å². The number of para-hydroxylation sites is 2. The van der Waals surface area contributed by atoms with Gasteiger partial charge in [0.2, 0.25) is 5.95 Å². The number of thiazole rings is 1. The van der Waals surface area contributed by atoms with Crippen molar-refractivity contribution in [2.75, 3.05) is 36.0 Å². The number of fused-ring (bicyclic) bond motifs is 2. The molecule has 0 bridgehead atoms. The van der Waals surface area contributed by atoms with Crippen LogP contribution in [-0.2, 0) is 0 Å². The van der Waals surface area contributed by atoms with Crippen molar-refractivity contribution in [2.24, 2.45) is 0 Å². The molecule has 7 heteroatoms. The van der Waals surface area contributed by atoms with Crippen molar-refractivity contribution in [1.29, 1.82) is 0 Å². The molecular weight excluding hydrogens is 354 g/mol. The summed E-state index contributed by atoms with van der Waals surface area (Å²) in [7, 11) is 0. The second-order valence-electron chi connectivity index (χ2n) is 6.16. The highest BCUT2D eigenvalue weighted by atomic mass is 35.5. The molecule has 0 unspecified atom stereocenters. The third-order valence-electron chi connectivity index (χ3n) is 4.57. The molecule has 1 N–H and O–H groups in total. The number of aromatic nitrogens is 3. The average Bonchev–Trinajstić information content (AvgIpc) is 3.25. The molecule has 2 aromatic heterocycles. The van der Waals surface area contributed by atoms with E-state index in [1.54, 1.807) is 11.3 Å². The quantitative estimate of drug-likeness (QED) is 0.576. The van der Waals surface area contributed by atoms with Crippen LogP contribution in [0.15, 0.2) is 42.5 Å². The predicted octanol–water partition coefficient (Wildman–Crippen LogP) is 4.15. The van der Waals surface area contributed by atoms with Gasteiger partial charge < -0.3 is 14.8 Å². The van der Waals surface area contributed by atoms with E-state index in [9.17, 15) is 0 Å². The van der Waals surface area contributed by atoms with Crippen LogP contribution in [0.5, 0.6) is 0 Å². The lowest BCUT2D eigenvalue weighted by molar-refractivity contribution is 0.642. The molecular formula is C18H16ClN5S. The van der Waals surface area contributed by atoms with E-state index < -0.39 is 0 Å². The van der Waals surface area contributed by atoms with E-state index in [0.29, 0.717) is 0 Å². The van der Waals surface area contributed by atoms with Gasteiger partial charge in [-0.25, -0.2) is 9.97 Å². The van der Waals surface area contributed by atoms with E-state index in [1.165, 1.54) is 0 Å². The monoisotopic (exact) mass is 369 g/mol. The van der Waals surface area contributed by atoms with Crippen molar-refractivity contribution in [1.82, 2.24) is 15.0 Å². The zero-order valence-electron chi connectivity index (χ0n) is 13.4. The number of nitrogens with zero attached hydrogens (tertiary/aromatic N) is 4. The van der Waals surface area contributed by atoms with Gasteiger partial charge in [-0.1, -0.05) is 35.1 Å². The lowest BCUT2D eigenvalue weighted by Gasteiger charge is -2.34. The molecule has 1 saturated heterocycles. The Balaban J connectivity index is 1.34. The van der Waals surface area contributed by atoms with Crippen LogP contribution in [-0.4, -0.2) is 41.1 Å². The number of benzene rings is 2. The van der Waals surface area contributed by atoms with Gasteiger partial charge in [0, 0.05) is 31.2 Å². The van der Waals surface area contributed by atoms with Gasteiger partial charge in [0.1, 0.15) is 0 Å². The highest BCUT2D eigenvalue weighted by Gasteiger charge is 2.21. The maximum absolute atomic E-state index is 6.08. The van der Waals surface area contributed by atoms with Crippen LogP contribution < -0.4 is 9.80 Å². The third-order valence-corrected chi connectivity index (χ3v) is 5.88. The number of imidazole rings is 1. The minimum absolute atomic E-state index is 0.761. The Bertz CT molecular complexity index is 1010. The molecule has 0 atom stereocenters. The van der Waals surface area contributed by atoms with Crippen molar-refractivity contribution in [3.63, 3.8) is 0 Å². The van der Waals surface area contributed by atoms with Gasteiger partial charge >= 0.3 is 0 Å². The van der Waals surface area contributed by atoms with E-state index >= 15 is 0 Å². The fourth-order valence-corrected chi connectivity index (χ4v) is 4.51. The largest absolute Gasteiger partial charge is 0.345 e. The summed E-state index contributed by atoms with van der Waals surface area (Å²) < 4.78 is 1.14. The minimum Gasteiger partial charge on any atom is -0.345 e. The molecule has 0 spiro atoms. The molecule has 5 rings (SSSR count). The van der Waals surface area contributed by atoms with Crippen LogP contribution in [0.4, 0.5) is 11.1 Å². The zero-order valence-corrected chi connectivity index (χ0v) is 15.0. The van der Waals surface area contributed by atoms with Gasteiger partial charge in [-0.3, -0.25) is 0 Å². The number of hydrogen-bond donors (Lipinski definition) is 1. The maximum atomic E-state index is 6.08. The van der Waals surface area contributed by atoms with E-state index in [0.717, 1.165) is 63.5 Å². The molecule has 1 aliphatic heterocycles. The highest BCUT2D eigenvalue weighted by Crippen LogP contribution is 2.31. The summed E-state index contributed by atoms with van der Waals surface area (Å²) in [5.41, 5.74) is 3.12. The summed E-state index contributed by atoms with van der Waals surface area (Å²) in [6, 6.07) is 14.0. The van der Waals surface area contributed by atoms with Crippen LogP contribution in [0.3, 0.4) is 0 Å². The molecule has 0 radical (unpaired) electrons. The first-order valence-corrected chi connectivity index (χ1v) is 9.46. The van der Waals surface area contributed by atoms with E-state index in [-0.39, 0.29) is 0 Å². The summed E-state index contributed by atoms with van der Waals surface area (Å²) in [4.78, 5) is 17.5. The fourth-order valence-electron chi connectivity index (χ4n) is 3.22. The molecule has 25 heavy (non-hydrogen) atoms. The van der Waals surface area contributed by atoms with E-state index in [2.05, 4.69) is 20.9 Å². The van der Waals surface area contributed by atoms with Crippen LogP contribution >= 0.6 is 22.9 Å². The molecule has 4 aromatic rings. The molecule has 126 valence electrons. The van der Waals surface area contributed by atoms with Crippen molar-refractivity contribution < 1.29 is 0 Å². The molecule has 2 aromatic carbocycles. The maximum Gasteiger partial charge on any atom is 0.203 e. The van der Waals surface area contributed by atoms with Crippen LogP contribution in [0.25, 0.3) is 21.3 Å². The molecule has 5 nitrogen and oxygen atoms in total. The number of rotatable bonds is 2. The van der Waals surface area contributed by atoms with Crippen LogP contribution in [0, 0.1) is 0 Å². The Labute approximate surface area is 153 Å². The smallest absolute Gasteiger partial charge is 0.203 e. The molecule has 3 heterocycles. The van der Waals surface area contributed by atoms with Crippen molar-refractivity contribution >= 4 is 55.3 Å². The van der Waals surface area contributed by atoms with Gasteiger partial charge in [-0.05, 0) is 30.3 Å². The predicted molar refractivity (Wildman–Crippen MR) is 105 cm³/mol. The number of anilines is 2. The summed E-state index contributed by atoms with van der Waals surface area (Å²) in [5.74, 6) is 0.955. The minimum atomic E-state index is 0.761. The summed E-state index contributed by atoms with van der Waals surface area (Å²) in [6.07, 6.45) is 0. The third kappa shape index (κ3) is 2.71. The second kappa shape index (κ2) is 5.89. The Morgan fingerprint density at radius 1 is 0.920 bits per heavy atom. The van der Waals surface area contributed by atoms with Gasteiger partial charge in [0.05, 0.1) is 21.3 Å². The van der Waals surface area contributed by atoms with Crippen molar-refractivity contribution in [3.05, 3.63) is 47.5 Å². The lowest BCUT2D eigenvalue weighted by Crippen LogP contribution is -2.46.